The fourth-order valence-corrected chi connectivity index (χ4v) is 1.74. The Labute approximate surface area is 105 Å². The van der Waals surface area contributed by atoms with Crippen molar-refractivity contribution in [3.63, 3.8) is 0 Å². The van der Waals surface area contributed by atoms with Crippen LogP contribution in [0, 0.1) is 0 Å². The quantitative estimate of drug-likeness (QED) is 0.817. The molecule has 0 bridgehead atoms. The minimum atomic E-state index is -0.103. The van der Waals surface area contributed by atoms with Crippen LogP contribution in [0.15, 0.2) is 42.6 Å². The number of Topliss-reactive ketones (excluding diaryl/α,β-unsaturated/α-hetero) is 1. The number of nitrogens with zero attached hydrogens (tertiary/aromatic N) is 1. The minimum absolute atomic E-state index is 0.0329. The second-order valence-corrected chi connectivity index (χ2v) is 3.98. The van der Waals surface area contributed by atoms with Gasteiger partial charge < -0.3 is 14.4 Å². The lowest BCUT2D eigenvalue weighted by atomic mass is 10.2. The maximum absolute atomic E-state index is 11.9. The number of aliphatic hydroxyl groups excluding tert-OH is 1. The summed E-state index contributed by atoms with van der Waals surface area (Å²) >= 11 is 0. The van der Waals surface area contributed by atoms with Crippen LogP contribution in [0.5, 0.6) is 5.75 Å². The number of hydrogen-bond donors (Lipinski definition) is 1. The van der Waals surface area contributed by atoms with Crippen LogP contribution >= 0.6 is 0 Å². The lowest BCUT2D eigenvalue weighted by molar-refractivity contribution is 0.0911. The minimum Gasteiger partial charge on any atom is -0.485 e. The van der Waals surface area contributed by atoms with Crippen LogP contribution in [0.4, 0.5) is 0 Å². The average molecular weight is 245 g/mol. The SMILES string of the molecule is Cn1cccc1C(=O)COc1ccccc1CO. The highest BCUT2D eigenvalue weighted by atomic mass is 16.5. The Balaban J connectivity index is 2.04. The van der Waals surface area contributed by atoms with Gasteiger partial charge in [-0.3, -0.25) is 4.79 Å². The average Bonchev–Trinajstić information content (AvgIpc) is 2.82. The van der Waals surface area contributed by atoms with E-state index in [2.05, 4.69) is 0 Å². The summed E-state index contributed by atoms with van der Waals surface area (Å²) in [5.41, 5.74) is 1.29. The molecule has 1 aromatic heterocycles. The van der Waals surface area contributed by atoms with Crippen molar-refractivity contribution in [2.24, 2.45) is 7.05 Å². The van der Waals surface area contributed by atoms with Crippen molar-refractivity contribution in [1.29, 1.82) is 0 Å². The number of benzene rings is 1. The fourth-order valence-electron chi connectivity index (χ4n) is 1.74. The summed E-state index contributed by atoms with van der Waals surface area (Å²) in [6, 6.07) is 10.7. The normalized spacial score (nSPS) is 10.3. The molecule has 0 aliphatic rings. The first-order valence-corrected chi connectivity index (χ1v) is 5.68. The van der Waals surface area contributed by atoms with Gasteiger partial charge in [-0.05, 0) is 18.2 Å². The predicted octanol–water partition coefficient (Wildman–Crippen LogP) is 1.78. The van der Waals surface area contributed by atoms with E-state index < -0.39 is 0 Å². The van der Waals surface area contributed by atoms with Crippen LogP contribution in [-0.4, -0.2) is 22.1 Å². The van der Waals surface area contributed by atoms with Gasteiger partial charge in [-0.15, -0.1) is 0 Å². The van der Waals surface area contributed by atoms with E-state index in [1.807, 2.05) is 31.4 Å². The fraction of sp³-hybridized carbons (Fsp3) is 0.214. The molecule has 4 heteroatoms. The third-order valence-corrected chi connectivity index (χ3v) is 2.73. The molecule has 1 aromatic carbocycles. The van der Waals surface area contributed by atoms with Crippen molar-refractivity contribution >= 4 is 5.78 Å². The molecule has 2 aromatic rings. The molecule has 0 aliphatic carbocycles. The maximum atomic E-state index is 11.9. The lowest BCUT2D eigenvalue weighted by Gasteiger charge is -2.09. The van der Waals surface area contributed by atoms with Gasteiger partial charge in [0.1, 0.15) is 5.75 Å². The van der Waals surface area contributed by atoms with E-state index in [-0.39, 0.29) is 19.0 Å². The van der Waals surface area contributed by atoms with Crippen LogP contribution in [0.2, 0.25) is 0 Å². The van der Waals surface area contributed by atoms with Crippen LogP contribution in [0.25, 0.3) is 0 Å². The molecular weight excluding hydrogens is 230 g/mol. The Morgan fingerprint density at radius 2 is 2.06 bits per heavy atom. The number of para-hydroxylation sites is 1. The van der Waals surface area contributed by atoms with Gasteiger partial charge >= 0.3 is 0 Å². The van der Waals surface area contributed by atoms with Crippen molar-refractivity contribution in [2.45, 2.75) is 6.61 Å². The highest BCUT2D eigenvalue weighted by Gasteiger charge is 2.10. The number of ether oxygens (including phenoxy) is 1. The third-order valence-electron chi connectivity index (χ3n) is 2.73. The number of rotatable bonds is 5. The number of carbonyl (C=O) groups excluding carboxylic acids is 1. The monoisotopic (exact) mass is 245 g/mol. The van der Waals surface area contributed by atoms with Crippen LogP contribution in [0.3, 0.4) is 0 Å². The zero-order valence-electron chi connectivity index (χ0n) is 10.2. The van der Waals surface area contributed by atoms with Crippen LogP contribution < -0.4 is 4.74 Å². The van der Waals surface area contributed by atoms with Crippen molar-refractivity contribution in [3.8, 4) is 5.75 Å². The van der Waals surface area contributed by atoms with Crippen molar-refractivity contribution in [3.05, 3.63) is 53.9 Å². The Bertz CT molecular complexity index is 545. The topological polar surface area (TPSA) is 51.5 Å². The zero-order valence-corrected chi connectivity index (χ0v) is 10.2. The van der Waals surface area contributed by atoms with Crippen LogP contribution in [-0.2, 0) is 13.7 Å². The van der Waals surface area contributed by atoms with E-state index in [1.165, 1.54) is 0 Å². The Kier molecular flexibility index (Phi) is 3.79. The Hall–Kier alpha value is -2.07. The molecule has 1 N–H and O–H groups in total. The lowest BCUT2D eigenvalue weighted by Crippen LogP contribution is -2.15. The summed E-state index contributed by atoms with van der Waals surface area (Å²) < 4.78 is 7.20. The number of carbonyl (C=O) groups is 1. The Morgan fingerprint density at radius 1 is 1.28 bits per heavy atom. The predicted molar refractivity (Wildman–Crippen MR) is 67.6 cm³/mol. The summed E-state index contributed by atoms with van der Waals surface area (Å²) in [6.45, 7) is -0.136. The van der Waals surface area contributed by atoms with Gasteiger partial charge in [0.15, 0.2) is 6.61 Å². The molecule has 0 saturated heterocycles. The zero-order chi connectivity index (χ0) is 13.0. The van der Waals surface area contributed by atoms with E-state index in [1.54, 1.807) is 22.8 Å². The molecule has 0 unspecified atom stereocenters. The Morgan fingerprint density at radius 3 is 2.72 bits per heavy atom. The van der Waals surface area contributed by atoms with E-state index in [0.29, 0.717) is 17.0 Å². The van der Waals surface area contributed by atoms with Crippen molar-refractivity contribution in [2.75, 3.05) is 6.61 Å². The van der Waals surface area contributed by atoms with Gasteiger partial charge in [-0.1, -0.05) is 18.2 Å². The maximum Gasteiger partial charge on any atom is 0.216 e. The molecule has 0 radical (unpaired) electrons. The van der Waals surface area contributed by atoms with Gasteiger partial charge in [0.25, 0.3) is 0 Å². The standard InChI is InChI=1S/C14H15NO3/c1-15-8-4-6-12(15)13(17)10-18-14-7-3-2-5-11(14)9-16/h2-8,16H,9-10H2,1H3. The number of aromatic nitrogens is 1. The second kappa shape index (κ2) is 5.51. The molecule has 0 spiro atoms. The highest BCUT2D eigenvalue weighted by molar-refractivity contribution is 5.95. The molecule has 94 valence electrons. The summed E-state index contributed by atoms with van der Waals surface area (Å²) in [5, 5.41) is 9.14. The first kappa shape index (κ1) is 12.4. The van der Waals surface area contributed by atoms with Gasteiger partial charge in [-0.2, -0.15) is 0 Å². The van der Waals surface area contributed by atoms with Crippen molar-refractivity contribution in [1.82, 2.24) is 4.57 Å². The van der Waals surface area contributed by atoms with Gasteiger partial charge in [0.05, 0.1) is 12.3 Å². The van der Waals surface area contributed by atoms with E-state index in [9.17, 15) is 4.79 Å². The molecular formula is C14H15NO3. The molecule has 1 heterocycles. The first-order chi connectivity index (χ1) is 8.72. The molecule has 0 amide bonds. The van der Waals surface area contributed by atoms with E-state index in [4.69, 9.17) is 9.84 Å². The summed E-state index contributed by atoms with van der Waals surface area (Å²) in [6.07, 6.45) is 1.81. The number of aliphatic hydroxyl groups is 1. The van der Waals surface area contributed by atoms with E-state index >= 15 is 0 Å². The molecule has 0 aliphatic heterocycles. The second-order valence-electron chi connectivity index (χ2n) is 3.98. The van der Waals surface area contributed by atoms with Crippen molar-refractivity contribution < 1.29 is 14.6 Å². The first-order valence-electron chi connectivity index (χ1n) is 5.68. The molecule has 4 nitrogen and oxygen atoms in total. The third kappa shape index (κ3) is 2.60. The number of ketones is 1. The molecule has 0 saturated carbocycles. The highest BCUT2D eigenvalue weighted by Crippen LogP contribution is 2.17. The smallest absolute Gasteiger partial charge is 0.216 e. The number of aryl methyl sites for hydroxylation is 1. The van der Waals surface area contributed by atoms with Crippen LogP contribution in [0.1, 0.15) is 16.1 Å². The summed E-state index contributed by atoms with van der Waals surface area (Å²) in [7, 11) is 1.81. The largest absolute Gasteiger partial charge is 0.485 e. The molecule has 2 rings (SSSR count). The van der Waals surface area contributed by atoms with Gasteiger partial charge in [0.2, 0.25) is 5.78 Å². The van der Waals surface area contributed by atoms with E-state index in [0.717, 1.165) is 0 Å². The number of hydrogen-bond acceptors (Lipinski definition) is 3. The molecule has 0 fully saturated rings. The molecule has 0 atom stereocenters. The van der Waals surface area contributed by atoms with Gasteiger partial charge in [0, 0.05) is 18.8 Å². The van der Waals surface area contributed by atoms with Gasteiger partial charge in [-0.25, -0.2) is 0 Å². The molecule has 18 heavy (non-hydrogen) atoms. The summed E-state index contributed by atoms with van der Waals surface area (Å²) in [5.74, 6) is 0.456. The summed E-state index contributed by atoms with van der Waals surface area (Å²) in [4.78, 5) is 11.9.